The van der Waals surface area contributed by atoms with E-state index in [1.807, 2.05) is 0 Å². The van der Waals surface area contributed by atoms with Crippen molar-refractivity contribution in [1.82, 2.24) is 16.0 Å². The van der Waals surface area contributed by atoms with E-state index in [4.69, 9.17) is 20.7 Å². The molecule has 1 aromatic rings. The zero-order valence-electron chi connectivity index (χ0n) is 28.2. The number of aliphatic hydroxyl groups is 3. The number of nitrogens with one attached hydrogen (secondary N) is 4. The van der Waals surface area contributed by atoms with Gasteiger partial charge in [0.1, 0.15) is 42.5 Å². The molecular weight excluding hydrogens is 688 g/mol. The van der Waals surface area contributed by atoms with Gasteiger partial charge < -0.3 is 65.7 Å². The van der Waals surface area contributed by atoms with Crippen LogP contribution in [-0.2, 0) is 59.2 Å². The van der Waals surface area contributed by atoms with Crippen LogP contribution in [0.5, 0.6) is 5.75 Å². The number of methoxy groups -OCH3 is 1. The lowest BCUT2D eigenvalue weighted by molar-refractivity contribution is -0.271. The SMILES string of the molecule is [2H]C(=O)OCc1ccc(O[C@@H]2O[C@H](C(=O)O)[C@@H](O)[C@H](O)[C@H]2O)c(NC(=O)CNC(=O)C(CNC(=O)CCOC)NC(=O)CCC(=O)CCC(=O)O)c1. The third-order valence-electron chi connectivity index (χ3n) is 7.03. The summed E-state index contributed by atoms with van der Waals surface area (Å²) in [6.07, 6.45) is -12.8. The van der Waals surface area contributed by atoms with E-state index in [1.54, 1.807) is 0 Å². The van der Waals surface area contributed by atoms with Crippen LogP contribution in [0.25, 0.3) is 0 Å². The van der Waals surface area contributed by atoms with Crippen molar-refractivity contribution in [2.24, 2.45) is 0 Å². The molecule has 1 aliphatic rings. The predicted molar refractivity (Wildman–Crippen MR) is 166 cm³/mol. The smallest absolute Gasteiger partial charge is 0.335 e. The van der Waals surface area contributed by atoms with E-state index >= 15 is 0 Å². The van der Waals surface area contributed by atoms with Gasteiger partial charge in [0, 0.05) is 39.3 Å². The van der Waals surface area contributed by atoms with Gasteiger partial charge in [-0.3, -0.25) is 33.6 Å². The lowest BCUT2D eigenvalue weighted by atomic mass is 9.99. The normalized spacial score (nSPS) is 20.5. The molecule has 0 bridgehead atoms. The fraction of sp³-hybridized carbons (Fsp3) is 0.533. The molecule has 1 aromatic carbocycles. The third kappa shape index (κ3) is 14.3. The van der Waals surface area contributed by atoms with Crippen LogP contribution in [-0.4, -0.2) is 137 Å². The first-order chi connectivity index (χ1) is 24.5. The molecule has 1 aliphatic heterocycles. The summed E-state index contributed by atoms with van der Waals surface area (Å²) >= 11 is 0. The maximum Gasteiger partial charge on any atom is 0.335 e. The molecule has 51 heavy (non-hydrogen) atoms. The predicted octanol–water partition coefficient (Wildman–Crippen LogP) is -3.46. The van der Waals surface area contributed by atoms with E-state index in [0.29, 0.717) is 0 Å². The second kappa shape index (κ2) is 21.1. The molecule has 282 valence electrons. The summed E-state index contributed by atoms with van der Waals surface area (Å²) < 4.78 is 27.0. The van der Waals surface area contributed by atoms with Gasteiger partial charge in [-0.25, -0.2) is 4.79 Å². The van der Waals surface area contributed by atoms with E-state index in [1.165, 1.54) is 25.3 Å². The number of ether oxygens (including phenoxy) is 4. The van der Waals surface area contributed by atoms with Crippen LogP contribution in [0.2, 0.25) is 0 Å². The molecule has 6 atom stereocenters. The van der Waals surface area contributed by atoms with Crippen molar-refractivity contribution in [2.75, 3.05) is 32.1 Å². The van der Waals surface area contributed by atoms with Gasteiger partial charge in [0.2, 0.25) is 29.9 Å². The highest BCUT2D eigenvalue weighted by molar-refractivity contribution is 5.97. The van der Waals surface area contributed by atoms with Crippen molar-refractivity contribution in [3.63, 3.8) is 0 Å². The standard InChI is InChI=1S/C30H40N4O17/c1-48-9-8-20(37)31-11-18(34-21(38)6-3-16(36)4-7-23(40)41)28(45)32-12-22(39)33-17-10-15(13-49-14-35)2-5-19(17)50-30-26(44)24(42)25(43)27(51-30)29(46)47/h2,5,10,14,18,24-27,30,42-44H,3-4,6-9,11-13H2,1H3,(H,31,37)(H,32,45)(H,33,39)(H,34,38)(H,40,41)(H,46,47)/t18?,24-,25-,26+,27-,30+/m0/s1/i14D. The van der Waals surface area contributed by atoms with Crippen LogP contribution in [0.1, 0.15) is 39.0 Å². The Morgan fingerprint density at radius 3 is 2.27 bits per heavy atom. The van der Waals surface area contributed by atoms with E-state index < -0.39 is 117 Å². The van der Waals surface area contributed by atoms with Gasteiger partial charge in [0.25, 0.3) is 6.45 Å². The van der Waals surface area contributed by atoms with Crippen molar-refractivity contribution in [1.29, 1.82) is 0 Å². The second-order valence-electron chi connectivity index (χ2n) is 10.9. The van der Waals surface area contributed by atoms with Crippen molar-refractivity contribution in [3.8, 4) is 5.75 Å². The number of hydrogen-bond acceptors (Lipinski definition) is 15. The zero-order chi connectivity index (χ0) is 39.0. The molecule has 1 fully saturated rings. The van der Waals surface area contributed by atoms with Gasteiger partial charge in [-0.2, -0.15) is 0 Å². The summed E-state index contributed by atoms with van der Waals surface area (Å²) in [7, 11) is 1.36. The van der Waals surface area contributed by atoms with E-state index in [2.05, 4.69) is 26.0 Å². The number of rotatable bonds is 21. The van der Waals surface area contributed by atoms with Crippen molar-refractivity contribution < 1.29 is 84.2 Å². The Balaban J connectivity index is 2.18. The summed E-state index contributed by atoms with van der Waals surface area (Å²) in [5.74, 6) is -6.89. The first kappa shape index (κ1) is 40.2. The molecule has 0 aromatic heterocycles. The topological polar surface area (TPSA) is 323 Å². The average Bonchev–Trinajstić information content (AvgIpc) is 3.09. The number of carbonyl (C=O) groups is 8. The second-order valence-corrected chi connectivity index (χ2v) is 10.9. The molecule has 0 aliphatic carbocycles. The number of aliphatic carboxylic acids is 2. The Morgan fingerprint density at radius 1 is 0.922 bits per heavy atom. The molecule has 4 amide bonds. The van der Waals surface area contributed by atoms with Crippen LogP contribution >= 0.6 is 0 Å². The van der Waals surface area contributed by atoms with Gasteiger partial charge in [-0.15, -0.1) is 0 Å². The Morgan fingerprint density at radius 2 is 1.63 bits per heavy atom. The van der Waals surface area contributed by atoms with Crippen molar-refractivity contribution >= 4 is 53.5 Å². The maximum absolute atomic E-state index is 13.0. The monoisotopic (exact) mass is 729 g/mol. The van der Waals surface area contributed by atoms with Crippen molar-refractivity contribution in [3.05, 3.63) is 23.8 Å². The summed E-state index contributed by atoms with van der Waals surface area (Å²) in [5.41, 5.74) is -0.0198. The zero-order valence-corrected chi connectivity index (χ0v) is 27.2. The third-order valence-corrected chi connectivity index (χ3v) is 7.03. The van der Waals surface area contributed by atoms with E-state index in [0.717, 1.165) is 0 Å². The highest BCUT2D eigenvalue weighted by Crippen LogP contribution is 2.31. The molecule has 1 saturated heterocycles. The minimum Gasteiger partial charge on any atom is -0.481 e. The van der Waals surface area contributed by atoms with Gasteiger partial charge in [0.05, 0.1) is 25.3 Å². The first-order valence-electron chi connectivity index (χ1n) is 15.7. The molecule has 1 heterocycles. The van der Waals surface area contributed by atoms with Gasteiger partial charge in [-0.1, -0.05) is 6.07 Å². The molecule has 21 heteroatoms. The molecule has 1 unspecified atom stereocenters. The Kier molecular flexibility index (Phi) is 16.6. The molecule has 2 rings (SSSR count). The van der Waals surface area contributed by atoms with E-state index in [9.17, 15) is 58.8 Å². The quantitative estimate of drug-likeness (QED) is 0.0555. The Hall–Kier alpha value is -5.22. The summed E-state index contributed by atoms with van der Waals surface area (Å²) in [6.45, 7) is -1.60. The summed E-state index contributed by atoms with van der Waals surface area (Å²) in [6, 6.07) is 2.23. The van der Waals surface area contributed by atoms with E-state index in [-0.39, 0.29) is 42.9 Å². The minimum atomic E-state index is -2.02. The number of amides is 4. The molecule has 0 radical (unpaired) electrons. The molecule has 0 spiro atoms. The summed E-state index contributed by atoms with van der Waals surface area (Å²) in [4.78, 5) is 95.7. The highest BCUT2D eigenvalue weighted by Gasteiger charge is 2.48. The number of carbonyl (C=O) groups excluding carboxylic acids is 6. The van der Waals surface area contributed by atoms with Crippen LogP contribution < -0.4 is 26.0 Å². The van der Waals surface area contributed by atoms with Gasteiger partial charge in [0.15, 0.2) is 7.47 Å². The number of aliphatic hydroxyl groups excluding tert-OH is 3. The van der Waals surface area contributed by atoms with Crippen LogP contribution in [0.4, 0.5) is 5.69 Å². The van der Waals surface area contributed by atoms with Crippen LogP contribution in [0.3, 0.4) is 0 Å². The highest BCUT2D eigenvalue weighted by atomic mass is 16.7. The Labute approximate surface area is 291 Å². The number of carboxylic acid groups (broad SMARTS) is 2. The number of benzene rings is 1. The van der Waals surface area contributed by atoms with Gasteiger partial charge >= 0.3 is 11.9 Å². The number of anilines is 1. The minimum absolute atomic E-state index is 0.0562. The molecule has 0 saturated carbocycles. The van der Waals surface area contributed by atoms with Gasteiger partial charge in [-0.05, 0) is 17.7 Å². The summed E-state index contributed by atoms with van der Waals surface area (Å²) in [5, 5.41) is 57.9. The number of ketones is 1. The fourth-order valence-electron chi connectivity index (χ4n) is 4.34. The lowest BCUT2D eigenvalue weighted by Gasteiger charge is -2.38. The fourth-order valence-corrected chi connectivity index (χ4v) is 4.34. The average molecular weight is 730 g/mol. The largest absolute Gasteiger partial charge is 0.481 e. The number of Topliss-reactive ketones (excluding diaryl/α,β-unsaturated/α-hetero) is 1. The van der Waals surface area contributed by atoms with Crippen LogP contribution in [0.15, 0.2) is 18.2 Å². The molecule has 21 nitrogen and oxygen atoms in total. The lowest BCUT2D eigenvalue weighted by Crippen LogP contribution is -2.61. The van der Waals surface area contributed by atoms with Crippen molar-refractivity contribution in [2.45, 2.75) is 75.5 Å². The first-order valence-corrected chi connectivity index (χ1v) is 15.2. The number of carboxylic acids is 2. The number of hydrogen-bond donors (Lipinski definition) is 9. The maximum atomic E-state index is 13.0. The molecule has 9 N–H and O–H groups in total. The van der Waals surface area contributed by atoms with Crippen LogP contribution in [0, 0.1) is 0 Å². The molecular formula is C30H40N4O17. The Bertz CT molecular complexity index is 1480.